The Morgan fingerprint density at radius 2 is 1.89 bits per heavy atom. The Morgan fingerprint density at radius 3 is 2.52 bits per heavy atom. The lowest BCUT2D eigenvalue weighted by atomic mass is 10.1. The third-order valence-electron chi connectivity index (χ3n) is 3.56. The molecule has 0 bridgehead atoms. The molecule has 8 nitrogen and oxygen atoms in total. The van der Waals surface area contributed by atoms with E-state index in [0.29, 0.717) is 11.3 Å². The molecule has 0 aliphatic rings. The number of benzene rings is 2. The number of hydrogen-bond donors (Lipinski definition) is 1. The van der Waals surface area contributed by atoms with Crippen molar-refractivity contribution in [3.63, 3.8) is 0 Å². The number of anilines is 1. The number of halogens is 1. The number of carbonyl (C=O) groups excluding carboxylic acids is 3. The van der Waals surface area contributed by atoms with E-state index in [9.17, 15) is 24.5 Å². The minimum absolute atomic E-state index is 0.116. The van der Waals surface area contributed by atoms with Crippen LogP contribution >= 0.6 is 11.6 Å². The first-order valence-electron chi connectivity index (χ1n) is 7.76. The summed E-state index contributed by atoms with van der Waals surface area (Å²) in [6, 6.07) is 9.70. The van der Waals surface area contributed by atoms with Crippen LogP contribution in [-0.4, -0.2) is 28.7 Å². The van der Waals surface area contributed by atoms with E-state index in [-0.39, 0.29) is 16.4 Å². The highest BCUT2D eigenvalue weighted by atomic mass is 35.5. The highest BCUT2D eigenvalue weighted by Crippen LogP contribution is 2.24. The molecule has 2 aromatic rings. The topological polar surface area (TPSA) is 116 Å². The number of nitro benzene ring substituents is 1. The van der Waals surface area contributed by atoms with Gasteiger partial charge in [-0.25, -0.2) is 4.79 Å². The second-order valence-corrected chi connectivity index (χ2v) is 6.03. The molecule has 0 heterocycles. The van der Waals surface area contributed by atoms with Crippen molar-refractivity contribution in [3.05, 3.63) is 68.7 Å². The summed E-state index contributed by atoms with van der Waals surface area (Å²) in [7, 11) is 0. The van der Waals surface area contributed by atoms with Crippen molar-refractivity contribution >= 4 is 40.6 Å². The largest absolute Gasteiger partial charge is 0.449 e. The molecular formula is C18H15ClN2O6. The Hall–Kier alpha value is -3.26. The van der Waals surface area contributed by atoms with Gasteiger partial charge in [0.2, 0.25) is 0 Å². The Kier molecular flexibility index (Phi) is 6.25. The van der Waals surface area contributed by atoms with Crippen molar-refractivity contribution in [2.24, 2.45) is 0 Å². The van der Waals surface area contributed by atoms with Crippen LogP contribution in [0.4, 0.5) is 11.4 Å². The maximum absolute atomic E-state index is 12.2. The number of carbonyl (C=O) groups is 3. The summed E-state index contributed by atoms with van der Waals surface area (Å²) in [6.45, 7) is 2.71. The van der Waals surface area contributed by atoms with Crippen LogP contribution in [0.5, 0.6) is 0 Å². The molecule has 9 heteroatoms. The number of rotatable bonds is 6. The van der Waals surface area contributed by atoms with Crippen LogP contribution in [0.2, 0.25) is 5.02 Å². The maximum atomic E-state index is 12.2. The van der Waals surface area contributed by atoms with E-state index in [0.717, 1.165) is 12.1 Å². The number of hydrogen-bond acceptors (Lipinski definition) is 6. The molecule has 27 heavy (non-hydrogen) atoms. The molecule has 2 aromatic carbocycles. The minimum Gasteiger partial charge on any atom is -0.449 e. The second-order valence-electron chi connectivity index (χ2n) is 5.59. The highest BCUT2D eigenvalue weighted by Gasteiger charge is 2.25. The van der Waals surface area contributed by atoms with E-state index in [2.05, 4.69) is 5.32 Å². The molecule has 0 spiro atoms. The predicted octanol–water partition coefficient (Wildman–Crippen LogP) is 3.63. The van der Waals surface area contributed by atoms with Gasteiger partial charge in [0.15, 0.2) is 11.9 Å². The van der Waals surface area contributed by atoms with E-state index in [1.54, 1.807) is 18.2 Å². The molecule has 1 N–H and O–H groups in total. The fraction of sp³-hybridized carbons (Fsp3) is 0.167. The van der Waals surface area contributed by atoms with Crippen LogP contribution in [0, 0.1) is 10.1 Å². The van der Waals surface area contributed by atoms with Gasteiger partial charge in [0.05, 0.1) is 4.92 Å². The fourth-order valence-corrected chi connectivity index (χ4v) is 2.34. The molecule has 0 saturated heterocycles. The van der Waals surface area contributed by atoms with E-state index in [4.69, 9.17) is 16.3 Å². The van der Waals surface area contributed by atoms with Crippen molar-refractivity contribution in [1.29, 1.82) is 0 Å². The quantitative estimate of drug-likeness (QED) is 0.348. The smallest absolute Gasteiger partial charge is 0.345 e. The van der Waals surface area contributed by atoms with Gasteiger partial charge in [-0.2, -0.15) is 0 Å². The van der Waals surface area contributed by atoms with Gasteiger partial charge in [0.1, 0.15) is 5.56 Å². The zero-order valence-electron chi connectivity index (χ0n) is 14.4. The zero-order valence-corrected chi connectivity index (χ0v) is 15.1. The van der Waals surface area contributed by atoms with E-state index in [1.807, 2.05) is 0 Å². The summed E-state index contributed by atoms with van der Waals surface area (Å²) in [5.41, 5.74) is -0.0757. The molecule has 2 rings (SSSR count). The lowest BCUT2D eigenvalue weighted by Gasteiger charge is -2.14. The summed E-state index contributed by atoms with van der Waals surface area (Å²) in [5, 5.41) is 13.7. The molecule has 140 valence electrons. The van der Waals surface area contributed by atoms with Gasteiger partial charge in [-0.3, -0.25) is 19.7 Å². The molecule has 1 amide bonds. The lowest BCUT2D eigenvalue weighted by Crippen LogP contribution is -2.30. The Morgan fingerprint density at radius 1 is 1.19 bits per heavy atom. The van der Waals surface area contributed by atoms with Crippen molar-refractivity contribution in [2.75, 3.05) is 5.32 Å². The number of nitro groups is 1. The first kappa shape index (κ1) is 20.1. The Balaban J connectivity index is 2.11. The zero-order chi connectivity index (χ0) is 20.1. The van der Waals surface area contributed by atoms with Crippen molar-refractivity contribution in [3.8, 4) is 0 Å². The van der Waals surface area contributed by atoms with Crippen LogP contribution < -0.4 is 5.32 Å². The second kappa shape index (κ2) is 8.41. The number of nitrogens with one attached hydrogen (secondary N) is 1. The van der Waals surface area contributed by atoms with Gasteiger partial charge < -0.3 is 10.1 Å². The van der Waals surface area contributed by atoms with Gasteiger partial charge in [-0.05, 0) is 38.1 Å². The first-order valence-corrected chi connectivity index (χ1v) is 8.13. The molecule has 0 aliphatic carbocycles. The van der Waals surface area contributed by atoms with Gasteiger partial charge in [-0.15, -0.1) is 0 Å². The fourth-order valence-electron chi connectivity index (χ4n) is 2.17. The van der Waals surface area contributed by atoms with Crippen molar-refractivity contribution in [2.45, 2.75) is 20.0 Å². The van der Waals surface area contributed by atoms with Gasteiger partial charge in [0, 0.05) is 22.3 Å². The number of esters is 1. The van der Waals surface area contributed by atoms with Crippen molar-refractivity contribution < 1.29 is 24.0 Å². The lowest BCUT2D eigenvalue weighted by molar-refractivity contribution is -0.385. The summed E-state index contributed by atoms with van der Waals surface area (Å²) >= 11 is 5.78. The van der Waals surface area contributed by atoms with Crippen LogP contribution in [0.25, 0.3) is 0 Å². The van der Waals surface area contributed by atoms with Crippen LogP contribution in [0.3, 0.4) is 0 Å². The Bertz CT molecular complexity index is 928. The summed E-state index contributed by atoms with van der Waals surface area (Å²) in [5.74, 6) is -1.88. The molecule has 0 unspecified atom stereocenters. The van der Waals surface area contributed by atoms with Crippen LogP contribution in [-0.2, 0) is 9.53 Å². The van der Waals surface area contributed by atoms with Gasteiger partial charge >= 0.3 is 5.97 Å². The number of ketones is 1. The standard InChI is InChI=1S/C18H15ClN2O6/c1-10(22)12-4-3-5-14(8-12)20-17(23)11(2)27-18(24)15-9-13(19)6-7-16(15)21(25)26/h3-9,11H,1-2H3,(H,20,23)/t11-/m0/s1. The van der Waals surface area contributed by atoms with Crippen LogP contribution in [0.15, 0.2) is 42.5 Å². The first-order chi connectivity index (χ1) is 12.7. The molecule has 0 fully saturated rings. The number of Topliss-reactive ketones (excluding diaryl/α,β-unsaturated/α-hetero) is 1. The molecule has 0 aliphatic heterocycles. The third kappa shape index (κ3) is 5.11. The summed E-state index contributed by atoms with van der Waals surface area (Å²) < 4.78 is 5.01. The minimum atomic E-state index is -1.24. The van der Waals surface area contributed by atoms with Crippen LogP contribution in [0.1, 0.15) is 34.6 Å². The highest BCUT2D eigenvalue weighted by molar-refractivity contribution is 6.31. The molecule has 0 radical (unpaired) electrons. The SMILES string of the molecule is CC(=O)c1cccc(NC(=O)[C@H](C)OC(=O)c2cc(Cl)ccc2[N+](=O)[O-])c1. The third-order valence-corrected chi connectivity index (χ3v) is 3.80. The summed E-state index contributed by atoms with van der Waals surface area (Å²) in [4.78, 5) is 46.1. The van der Waals surface area contributed by atoms with Gasteiger partial charge in [0.25, 0.3) is 11.6 Å². The predicted molar refractivity (Wildman–Crippen MR) is 98.1 cm³/mol. The van der Waals surface area contributed by atoms with E-state index in [1.165, 1.54) is 26.0 Å². The monoisotopic (exact) mass is 390 g/mol. The maximum Gasteiger partial charge on any atom is 0.345 e. The van der Waals surface area contributed by atoms with Gasteiger partial charge in [-0.1, -0.05) is 23.7 Å². The van der Waals surface area contributed by atoms with E-state index < -0.39 is 28.6 Å². The number of amides is 1. The normalized spacial score (nSPS) is 11.4. The molecule has 0 saturated carbocycles. The average molecular weight is 391 g/mol. The number of ether oxygens (including phenoxy) is 1. The molecular weight excluding hydrogens is 376 g/mol. The summed E-state index contributed by atoms with van der Waals surface area (Å²) in [6.07, 6.45) is -1.24. The molecule has 0 aromatic heterocycles. The van der Waals surface area contributed by atoms with E-state index >= 15 is 0 Å². The molecule has 1 atom stereocenters. The average Bonchev–Trinajstić information content (AvgIpc) is 2.61. The van der Waals surface area contributed by atoms with Crippen molar-refractivity contribution in [1.82, 2.24) is 0 Å². The Labute approximate surface area is 159 Å². The number of nitrogens with zero attached hydrogens (tertiary/aromatic N) is 1.